The number of carbonyl (C=O) groups excluding carboxylic acids is 1. The average Bonchev–Trinajstić information content (AvgIpc) is 2.15. The summed E-state index contributed by atoms with van der Waals surface area (Å²) >= 11 is 0. The van der Waals surface area contributed by atoms with Crippen molar-refractivity contribution < 1.29 is 4.79 Å². The van der Waals surface area contributed by atoms with Gasteiger partial charge in [0.15, 0.2) is 0 Å². The molecule has 82 valence electrons. The molecule has 1 aromatic rings. The van der Waals surface area contributed by atoms with E-state index in [-0.39, 0.29) is 5.92 Å². The van der Waals surface area contributed by atoms with Gasteiger partial charge in [-0.25, -0.2) is 0 Å². The molecule has 1 heteroatoms. The highest BCUT2D eigenvalue weighted by Gasteiger charge is 2.19. The molecule has 0 aromatic heterocycles. The van der Waals surface area contributed by atoms with Crippen LogP contribution in [0.4, 0.5) is 0 Å². The third-order valence-corrected chi connectivity index (χ3v) is 3.03. The first-order valence-electron chi connectivity index (χ1n) is 5.57. The lowest BCUT2D eigenvalue weighted by atomic mass is 9.85. The number of ketones is 1. The van der Waals surface area contributed by atoms with E-state index in [0.717, 1.165) is 6.42 Å². The van der Waals surface area contributed by atoms with E-state index in [4.69, 9.17) is 0 Å². The normalized spacial score (nSPS) is 12.9. The highest BCUT2D eigenvalue weighted by molar-refractivity contribution is 5.78. The van der Waals surface area contributed by atoms with Crippen molar-refractivity contribution in [2.45, 2.75) is 34.1 Å². The van der Waals surface area contributed by atoms with Crippen LogP contribution in [0, 0.1) is 18.8 Å². The largest absolute Gasteiger partial charge is 0.300 e. The second-order valence-corrected chi connectivity index (χ2v) is 4.59. The van der Waals surface area contributed by atoms with E-state index in [0.29, 0.717) is 11.7 Å². The summed E-state index contributed by atoms with van der Waals surface area (Å²) in [7, 11) is 0. The molecule has 0 amide bonds. The van der Waals surface area contributed by atoms with Crippen LogP contribution in [0.2, 0.25) is 0 Å². The quantitative estimate of drug-likeness (QED) is 0.734. The Morgan fingerprint density at radius 1 is 1.27 bits per heavy atom. The van der Waals surface area contributed by atoms with Crippen molar-refractivity contribution in [2.75, 3.05) is 0 Å². The van der Waals surface area contributed by atoms with Crippen LogP contribution in [-0.2, 0) is 11.2 Å². The Kier molecular flexibility index (Phi) is 4.07. The SMILES string of the molecule is CC(=O)C(Cc1ccccc1C)C(C)C. The van der Waals surface area contributed by atoms with Crippen molar-refractivity contribution in [1.82, 2.24) is 0 Å². The summed E-state index contributed by atoms with van der Waals surface area (Å²) in [4.78, 5) is 11.5. The molecule has 0 saturated carbocycles. The number of hydrogen-bond donors (Lipinski definition) is 0. The van der Waals surface area contributed by atoms with Gasteiger partial charge in [-0.05, 0) is 37.3 Å². The molecule has 0 radical (unpaired) electrons. The monoisotopic (exact) mass is 204 g/mol. The number of hydrogen-bond acceptors (Lipinski definition) is 1. The maximum Gasteiger partial charge on any atom is 0.133 e. The van der Waals surface area contributed by atoms with Crippen LogP contribution in [0.15, 0.2) is 24.3 Å². The predicted octanol–water partition coefficient (Wildman–Crippen LogP) is 3.40. The average molecular weight is 204 g/mol. The van der Waals surface area contributed by atoms with Crippen LogP contribution in [0.3, 0.4) is 0 Å². The number of rotatable bonds is 4. The number of benzene rings is 1. The maximum atomic E-state index is 11.5. The molecule has 0 saturated heterocycles. The Morgan fingerprint density at radius 3 is 2.33 bits per heavy atom. The molecular weight excluding hydrogens is 184 g/mol. The van der Waals surface area contributed by atoms with Crippen molar-refractivity contribution in [3.05, 3.63) is 35.4 Å². The van der Waals surface area contributed by atoms with Gasteiger partial charge in [0.05, 0.1) is 0 Å². The zero-order valence-corrected chi connectivity index (χ0v) is 10.1. The van der Waals surface area contributed by atoms with Crippen LogP contribution >= 0.6 is 0 Å². The predicted molar refractivity (Wildman–Crippen MR) is 63.9 cm³/mol. The third kappa shape index (κ3) is 3.19. The Morgan fingerprint density at radius 2 is 1.87 bits per heavy atom. The fourth-order valence-electron chi connectivity index (χ4n) is 1.92. The molecule has 0 aliphatic carbocycles. The van der Waals surface area contributed by atoms with Crippen LogP contribution in [0.25, 0.3) is 0 Å². The van der Waals surface area contributed by atoms with Crippen LogP contribution in [-0.4, -0.2) is 5.78 Å². The summed E-state index contributed by atoms with van der Waals surface area (Å²) in [6, 6.07) is 8.30. The first-order valence-corrected chi connectivity index (χ1v) is 5.57. The van der Waals surface area contributed by atoms with Crippen molar-refractivity contribution in [2.24, 2.45) is 11.8 Å². The number of carbonyl (C=O) groups is 1. The van der Waals surface area contributed by atoms with Gasteiger partial charge in [-0.3, -0.25) is 4.79 Å². The molecule has 1 aromatic carbocycles. The van der Waals surface area contributed by atoms with Gasteiger partial charge in [-0.2, -0.15) is 0 Å². The Hall–Kier alpha value is -1.11. The fourth-order valence-corrected chi connectivity index (χ4v) is 1.92. The third-order valence-electron chi connectivity index (χ3n) is 3.03. The molecule has 0 spiro atoms. The van der Waals surface area contributed by atoms with Crippen LogP contribution < -0.4 is 0 Å². The Bertz CT molecular complexity index is 339. The van der Waals surface area contributed by atoms with E-state index in [1.54, 1.807) is 6.92 Å². The highest BCUT2D eigenvalue weighted by atomic mass is 16.1. The molecule has 0 aliphatic rings. The molecule has 1 unspecified atom stereocenters. The lowest BCUT2D eigenvalue weighted by molar-refractivity contribution is -0.121. The molecular formula is C14H20O. The summed E-state index contributed by atoms with van der Waals surface area (Å²) in [6.07, 6.45) is 0.875. The van der Waals surface area contributed by atoms with E-state index in [9.17, 15) is 4.79 Å². The molecule has 0 aliphatic heterocycles. The second-order valence-electron chi connectivity index (χ2n) is 4.59. The first kappa shape index (κ1) is 12.0. The van der Waals surface area contributed by atoms with E-state index in [2.05, 4.69) is 32.9 Å². The van der Waals surface area contributed by atoms with Gasteiger partial charge >= 0.3 is 0 Å². The van der Waals surface area contributed by atoms with Crippen molar-refractivity contribution >= 4 is 5.78 Å². The number of aryl methyl sites for hydroxylation is 1. The van der Waals surface area contributed by atoms with Gasteiger partial charge in [-0.1, -0.05) is 38.1 Å². The second kappa shape index (κ2) is 5.11. The fraction of sp³-hybridized carbons (Fsp3) is 0.500. The molecule has 0 N–H and O–H groups in total. The maximum absolute atomic E-state index is 11.5. The molecule has 1 rings (SSSR count). The van der Waals surface area contributed by atoms with Crippen molar-refractivity contribution in [3.8, 4) is 0 Å². The Labute approximate surface area is 92.5 Å². The minimum Gasteiger partial charge on any atom is -0.300 e. The Balaban J connectivity index is 2.84. The molecule has 0 heterocycles. The van der Waals surface area contributed by atoms with Crippen molar-refractivity contribution in [3.63, 3.8) is 0 Å². The van der Waals surface area contributed by atoms with Gasteiger partial charge < -0.3 is 0 Å². The zero-order chi connectivity index (χ0) is 11.4. The van der Waals surface area contributed by atoms with Crippen molar-refractivity contribution in [1.29, 1.82) is 0 Å². The number of Topliss-reactive ketones (excluding diaryl/α,β-unsaturated/α-hetero) is 1. The van der Waals surface area contributed by atoms with E-state index in [1.807, 2.05) is 12.1 Å². The van der Waals surface area contributed by atoms with Crippen LogP contribution in [0.5, 0.6) is 0 Å². The minimum absolute atomic E-state index is 0.158. The summed E-state index contributed by atoms with van der Waals surface area (Å²) < 4.78 is 0. The summed E-state index contributed by atoms with van der Waals surface area (Å²) in [6.45, 7) is 8.03. The van der Waals surface area contributed by atoms with Gasteiger partial charge in [0, 0.05) is 5.92 Å². The smallest absolute Gasteiger partial charge is 0.133 e. The molecule has 0 fully saturated rings. The van der Waals surface area contributed by atoms with E-state index >= 15 is 0 Å². The molecule has 1 nitrogen and oxygen atoms in total. The van der Waals surface area contributed by atoms with Gasteiger partial charge in [0.1, 0.15) is 5.78 Å². The molecule has 15 heavy (non-hydrogen) atoms. The van der Waals surface area contributed by atoms with E-state index < -0.39 is 0 Å². The molecule has 0 bridgehead atoms. The minimum atomic E-state index is 0.158. The lowest BCUT2D eigenvalue weighted by Crippen LogP contribution is -2.20. The summed E-state index contributed by atoms with van der Waals surface area (Å²) in [5.41, 5.74) is 2.58. The van der Waals surface area contributed by atoms with Gasteiger partial charge in [-0.15, -0.1) is 0 Å². The zero-order valence-electron chi connectivity index (χ0n) is 10.1. The topological polar surface area (TPSA) is 17.1 Å². The summed E-state index contributed by atoms with van der Waals surface area (Å²) in [5, 5.41) is 0. The van der Waals surface area contributed by atoms with E-state index in [1.165, 1.54) is 11.1 Å². The van der Waals surface area contributed by atoms with Crippen LogP contribution in [0.1, 0.15) is 31.9 Å². The van der Waals surface area contributed by atoms with Gasteiger partial charge in [0.2, 0.25) is 0 Å². The van der Waals surface area contributed by atoms with Gasteiger partial charge in [0.25, 0.3) is 0 Å². The highest BCUT2D eigenvalue weighted by Crippen LogP contribution is 2.20. The standard InChI is InChI=1S/C14H20O/c1-10(2)14(12(4)15)9-13-8-6-5-7-11(13)3/h5-8,10,14H,9H2,1-4H3. The first-order chi connectivity index (χ1) is 7.02. The molecule has 1 atom stereocenters. The lowest BCUT2D eigenvalue weighted by Gasteiger charge is -2.18. The summed E-state index contributed by atoms with van der Waals surface area (Å²) in [5.74, 6) is 0.876.